The summed E-state index contributed by atoms with van der Waals surface area (Å²) in [6.07, 6.45) is 7.35. The van der Waals surface area contributed by atoms with Gasteiger partial charge in [0, 0.05) is 11.8 Å². The topological polar surface area (TPSA) is 75.6 Å². The number of aromatic amines is 1. The van der Waals surface area contributed by atoms with Crippen molar-refractivity contribution in [3.63, 3.8) is 0 Å². The molecule has 0 saturated heterocycles. The van der Waals surface area contributed by atoms with Gasteiger partial charge < -0.3 is 5.32 Å². The first-order valence-corrected chi connectivity index (χ1v) is 8.02. The van der Waals surface area contributed by atoms with Crippen molar-refractivity contribution >= 4 is 11.7 Å². The van der Waals surface area contributed by atoms with Crippen molar-refractivity contribution < 1.29 is 4.79 Å². The Morgan fingerprint density at radius 1 is 1.45 bits per heavy atom. The van der Waals surface area contributed by atoms with Crippen molar-refractivity contribution in [1.29, 1.82) is 0 Å². The molecule has 1 saturated carbocycles. The molecule has 2 heterocycles. The predicted octanol–water partition coefficient (Wildman–Crippen LogP) is 3.17. The largest absolute Gasteiger partial charge is 0.305 e. The second-order valence-electron chi connectivity index (χ2n) is 6.43. The third-order valence-corrected chi connectivity index (χ3v) is 4.07. The van der Waals surface area contributed by atoms with Crippen LogP contribution in [0.25, 0.3) is 0 Å². The van der Waals surface area contributed by atoms with Crippen LogP contribution in [-0.4, -0.2) is 25.9 Å². The van der Waals surface area contributed by atoms with Gasteiger partial charge in [-0.15, -0.1) is 0 Å². The molecule has 0 atom stereocenters. The quantitative estimate of drug-likeness (QED) is 0.890. The number of carbonyl (C=O) groups excluding carboxylic acids is 1. The van der Waals surface area contributed by atoms with E-state index in [1.807, 2.05) is 16.8 Å². The number of hydrogen-bond donors (Lipinski definition) is 2. The maximum atomic E-state index is 12.3. The van der Waals surface area contributed by atoms with E-state index < -0.39 is 0 Å². The summed E-state index contributed by atoms with van der Waals surface area (Å²) < 4.78 is 1.94. The summed E-state index contributed by atoms with van der Waals surface area (Å²) in [6, 6.07) is 4.07. The molecule has 2 N–H and O–H groups in total. The summed E-state index contributed by atoms with van der Waals surface area (Å²) in [5.74, 6) is 1.09. The second kappa shape index (κ2) is 6.34. The smallest absolute Gasteiger partial charge is 0.277 e. The Bertz CT molecular complexity index is 637. The van der Waals surface area contributed by atoms with E-state index in [1.54, 1.807) is 6.20 Å². The van der Waals surface area contributed by atoms with Gasteiger partial charge in [-0.2, -0.15) is 10.2 Å². The standard InChI is InChI=1S/C16H23N5O/c1-11(2)9-12-10-14(20-19-12)16(22)18-15-7-8-17-21(15)13-5-3-4-6-13/h7-8,10-11,13H,3-6,9H2,1-2H3,(H,18,22)(H,19,20). The fraction of sp³-hybridized carbons (Fsp3) is 0.562. The van der Waals surface area contributed by atoms with E-state index in [-0.39, 0.29) is 5.91 Å². The van der Waals surface area contributed by atoms with Gasteiger partial charge in [-0.05, 0) is 31.2 Å². The summed E-state index contributed by atoms with van der Waals surface area (Å²) in [5, 5.41) is 14.3. The van der Waals surface area contributed by atoms with Gasteiger partial charge in [0.25, 0.3) is 5.91 Å². The van der Waals surface area contributed by atoms with Gasteiger partial charge >= 0.3 is 0 Å². The van der Waals surface area contributed by atoms with Gasteiger partial charge in [-0.25, -0.2) is 4.68 Å². The van der Waals surface area contributed by atoms with Gasteiger partial charge in [0.2, 0.25) is 0 Å². The van der Waals surface area contributed by atoms with Gasteiger partial charge in [0.1, 0.15) is 5.82 Å². The van der Waals surface area contributed by atoms with Crippen LogP contribution in [0, 0.1) is 5.92 Å². The molecule has 118 valence electrons. The summed E-state index contributed by atoms with van der Waals surface area (Å²) in [6.45, 7) is 4.28. The van der Waals surface area contributed by atoms with Crippen molar-refractivity contribution in [2.75, 3.05) is 5.32 Å². The molecule has 1 aliphatic rings. The highest BCUT2D eigenvalue weighted by molar-refractivity contribution is 6.02. The number of nitrogens with one attached hydrogen (secondary N) is 2. The summed E-state index contributed by atoms with van der Waals surface area (Å²) in [7, 11) is 0. The molecule has 1 aliphatic carbocycles. The van der Waals surface area contributed by atoms with Gasteiger partial charge in [0.15, 0.2) is 5.69 Å². The summed E-state index contributed by atoms with van der Waals surface area (Å²) >= 11 is 0. The van der Waals surface area contributed by atoms with Crippen LogP contribution < -0.4 is 5.32 Å². The van der Waals surface area contributed by atoms with E-state index in [4.69, 9.17) is 0 Å². The summed E-state index contributed by atoms with van der Waals surface area (Å²) in [4.78, 5) is 12.3. The zero-order valence-electron chi connectivity index (χ0n) is 13.2. The number of carbonyl (C=O) groups is 1. The van der Waals surface area contributed by atoms with Crippen LogP contribution in [0.2, 0.25) is 0 Å². The monoisotopic (exact) mass is 301 g/mol. The molecule has 2 aromatic rings. The predicted molar refractivity (Wildman–Crippen MR) is 84.8 cm³/mol. The fourth-order valence-electron chi connectivity index (χ4n) is 3.06. The van der Waals surface area contributed by atoms with E-state index in [0.717, 1.165) is 30.8 Å². The first-order valence-electron chi connectivity index (χ1n) is 8.02. The Morgan fingerprint density at radius 2 is 2.23 bits per heavy atom. The number of H-pyrrole nitrogens is 1. The molecule has 6 nitrogen and oxygen atoms in total. The minimum atomic E-state index is -0.189. The van der Waals surface area contributed by atoms with Crippen LogP contribution in [0.5, 0.6) is 0 Å². The lowest BCUT2D eigenvalue weighted by molar-refractivity contribution is 0.102. The molecule has 1 fully saturated rings. The Kier molecular flexibility index (Phi) is 4.27. The zero-order chi connectivity index (χ0) is 15.5. The van der Waals surface area contributed by atoms with E-state index in [9.17, 15) is 4.79 Å². The first-order chi connectivity index (χ1) is 10.6. The highest BCUT2D eigenvalue weighted by Gasteiger charge is 2.21. The summed E-state index contributed by atoms with van der Waals surface area (Å²) in [5.41, 5.74) is 1.42. The average molecular weight is 301 g/mol. The molecule has 6 heteroatoms. The maximum absolute atomic E-state index is 12.3. The minimum absolute atomic E-state index is 0.189. The Labute approximate surface area is 130 Å². The van der Waals surface area contributed by atoms with Gasteiger partial charge in [0.05, 0.1) is 12.2 Å². The number of nitrogens with zero attached hydrogens (tertiary/aromatic N) is 3. The maximum Gasteiger partial charge on any atom is 0.277 e. The SMILES string of the molecule is CC(C)Cc1cc(C(=O)Nc2ccnn2C2CCCC2)n[nH]1. The minimum Gasteiger partial charge on any atom is -0.305 e. The number of aromatic nitrogens is 4. The van der Waals surface area contributed by atoms with Gasteiger partial charge in [-0.3, -0.25) is 9.89 Å². The lowest BCUT2D eigenvalue weighted by Crippen LogP contribution is -2.18. The zero-order valence-corrected chi connectivity index (χ0v) is 13.2. The molecule has 0 spiro atoms. The highest BCUT2D eigenvalue weighted by Crippen LogP contribution is 2.31. The van der Waals surface area contributed by atoms with Gasteiger partial charge in [-0.1, -0.05) is 26.7 Å². The van der Waals surface area contributed by atoms with Crippen LogP contribution >= 0.6 is 0 Å². The van der Waals surface area contributed by atoms with Crippen LogP contribution in [-0.2, 0) is 6.42 Å². The van der Waals surface area contributed by atoms with Crippen LogP contribution in [0.1, 0.15) is 61.8 Å². The third-order valence-electron chi connectivity index (χ3n) is 4.07. The molecule has 0 aromatic carbocycles. The number of anilines is 1. The van der Waals surface area contributed by atoms with E-state index in [2.05, 4.69) is 34.5 Å². The molecule has 0 radical (unpaired) electrons. The average Bonchev–Trinajstić information content (AvgIpc) is 3.17. The van der Waals surface area contributed by atoms with Crippen molar-refractivity contribution in [2.45, 2.75) is 52.0 Å². The molecule has 22 heavy (non-hydrogen) atoms. The fourth-order valence-corrected chi connectivity index (χ4v) is 3.06. The molecule has 0 unspecified atom stereocenters. The second-order valence-corrected chi connectivity index (χ2v) is 6.43. The van der Waals surface area contributed by atoms with Crippen molar-refractivity contribution in [3.05, 3.63) is 29.7 Å². The number of rotatable bonds is 5. The Balaban J connectivity index is 1.69. The van der Waals surface area contributed by atoms with E-state index in [1.165, 1.54) is 12.8 Å². The molecular formula is C16H23N5O. The molecule has 0 bridgehead atoms. The van der Waals surface area contributed by atoms with Crippen LogP contribution in [0.3, 0.4) is 0 Å². The number of hydrogen-bond acceptors (Lipinski definition) is 3. The van der Waals surface area contributed by atoms with Crippen molar-refractivity contribution in [2.24, 2.45) is 5.92 Å². The lowest BCUT2D eigenvalue weighted by Gasteiger charge is -2.14. The first kappa shape index (κ1) is 14.8. The van der Waals surface area contributed by atoms with Crippen molar-refractivity contribution in [3.8, 4) is 0 Å². The third kappa shape index (κ3) is 3.21. The Hall–Kier alpha value is -2.11. The molecule has 1 amide bonds. The van der Waals surface area contributed by atoms with E-state index in [0.29, 0.717) is 17.7 Å². The molecule has 2 aromatic heterocycles. The number of amides is 1. The molecule has 0 aliphatic heterocycles. The van der Waals surface area contributed by atoms with Crippen LogP contribution in [0.4, 0.5) is 5.82 Å². The Morgan fingerprint density at radius 3 is 2.95 bits per heavy atom. The molecular weight excluding hydrogens is 278 g/mol. The normalized spacial score (nSPS) is 15.6. The lowest BCUT2D eigenvalue weighted by atomic mass is 10.1. The highest BCUT2D eigenvalue weighted by atomic mass is 16.2. The van der Waals surface area contributed by atoms with Crippen molar-refractivity contribution in [1.82, 2.24) is 20.0 Å². The van der Waals surface area contributed by atoms with E-state index >= 15 is 0 Å². The molecule has 3 rings (SSSR count). The van der Waals surface area contributed by atoms with Crippen LogP contribution in [0.15, 0.2) is 18.3 Å².